The van der Waals surface area contributed by atoms with E-state index < -0.39 is 4.92 Å². The Morgan fingerprint density at radius 1 is 1.40 bits per heavy atom. The van der Waals surface area contributed by atoms with E-state index in [1.54, 1.807) is 36.7 Å². The minimum atomic E-state index is -0.455. The second kappa shape index (κ2) is 8.43. The molecule has 30 heavy (non-hydrogen) atoms. The van der Waals surface area contributed by atoms with E-state index in [1.165, 1.54) is 40.1 Å². The van der Waals surface area contributed by atoms with Gasteiger partial charge in [0.2, 0.25) is 5.13 Å². The third-order valence-electron chi connectivity index (χ3n) is 4.11. The first-order valence-electron chi connectivity index (χ1n) is 8.65. The van der Waals surface area contributed by atoms with Crippen LogP contribution in [0, 0.1) is 10.1 Å². The minimum absolute atomic E-state index is 0.0259. The molecule has 0 saturated carbocycles. The Morgan fingerprint density at radius 3 is 3.00 bits per heavy atom. The van der Waals surface area contributed by atoms with Gasteiger partial charge in [-0.3, -0.25) is 24.9 Å². The molecular weight excluding hydrogens is 424 g/mol. The standard InChI is InChI=1S/C19H14N6O3S2/c1-2-7-24-17(26)15(30-19(24)22-18-20-6-8-29-18)10-13-11-21-23-16(13)12-4-3-5-14(9-12)25(27)28/h2-6,8-11H,1,7H2,(H,21,23). The number of hydrogen-bond donors (Lipinski definition) is 1. The predicted octanol–water partition coefficient (Wildman–Crippen LogP) is 4.23. The van der Waals surface area contributed by atoms with Crippen LogP contribution < -0.4 is 0 Å². The van der Waals surface area contributed by atoms with Crippen LogP contribution in [0.25, 0.3) is 17.3 Å². The number of amides is 1. The molecule has 9 nitrogen and oxygen atoms in total. The molecule has 11 heteroatoms. The molecule has 1 amide bonds. The summed E-state index contributed by atoms with van der Waals surface area (Å²) in [5.41, 5.74) is 1.80. The molecule has 4 rings (SSSR count). The summed E-state index contributed by atoms with van der Waals surface area (Å²) in [5.74, 6) is -0.207. The third kappa shape index (κ3) is 3.93. The second-order valence-electron chi connectivity index (χ2n) is 6.03. The van der Waals surface area contributed by atoms with Gasteiger partial charge in [0.15, 0.2) is 5.17 Å². The number of thioether (sulfide) groups is 1. The maximum atomic E-state index is 12.9. The van der Waals surface area contributed by atoms with Crippen molar-refractivity contribution in [3.05, 3.63) is 75.3 Å². The van der Waals surface area contributed by atoms with E-state index in [4.69, 9.17) is 0 Å². The van der Waals surface area contributed by atoms with E-state index in [1.807, 2.05) is 5.38 Å². The molecule has 0 radical (unpaired) electrons. The Hall–Kier alpha value is -3.57. The molecule has 0 unspecified atom stereocenters. The van der Waals surface area contributed by atoms with Crippen LogP contribution in [0.4, 0.5) is 10.8 Å². The number of thiazole rings is 1. The number of aromatic nitrogens is 3. The van der Waals surface area contributed by atoms with Gasteiger partial charge < -0.3 is 0 Å². The number of aromatic amines is 1. The lowest BCUT2D eigenvalue weighted by Crippen LogP contribution is -2.29. The number of nitro groups is 1. The highest BCUT2D eigenvalue weighted by atomic mass is 32.2. The van der Waals surface area contributed by atoms with E-state index in [0.717, 1.165) is 0 Å². The number of non-ortho nitro benzene ring substituents is 1. The molecule has 1 aromatic carbocycles. The molecule has 1 fully saturated rings. The zero-order valence-corrected chi connectivity index (χ0v) is 17.0. The fourth-order valence-corrected chi connectivity index (χ4v) is 4.33. The Morgan fingerprint density at radius 2 is 2.27 bits per heavy atom. The predicted molar refractivity (Wildman–Crippen MR) is 117 cm³/mol. The second-order valence-corrected chi connectivity index (χ2v) is 7.91. The molecule has 1 aliphatic heterocycles. The number of nitrogens with one attached hydrogen (secondary N) is 1. The van der Waals surface area contributed by atoms with E-state index in [-0.39, 0.29) is 11.6 Å². The maximum absolute atomic E-state index is 12.9. The molecule has 0 aliphatic carbocycles. The highest BCUT2D eigenvalue weighted by Gasteiger charge is 2.33. The van der Waals surface area contributed by atoms with E-state index in [9.17, 15) is 14.9 Å². The Bertz CT molecular complexity index is 1180. The summed E-state index contributed by atoms with van der Waals surface area (Å²) in [6.07, 6.45) is 6.55. The van der Waals surface area contributed by atoms with Crippen molar-refractivity contribution in [2.45, 2.75) is 0 Å². The molecule has 1 N–H and O–H groups in total. The number of amidine groups is 1. The summed E-state index contributed by atoms with van der Waals surface area (Å²) >= 11 is 2.61. The smallest absolute Gasteiger partial charge is 0.270 e. The average Bonchev–Trinajstić information content (AvgIpc) is 3.47. The number of aliphatic imine (C=N–C) groups is 1. The summed E-state index contributed by atoms with van der Waals surface area (Å²) in [6.45, 7) is 4.02. The quantitative estimate of drug-likeness (QED) is 0.266. The lowest BCUT2D eigenvalue weighted by atomic mass is 10.1. The van der Waals surface area contributed by atoms with Crippen molar-refractivity contribution in [1.82, 2.24) is 20.1 Å². The van der Waals surface area contributed by atoms with Gasteiger partial charge in [-0.2, -0.15) is 10.1 Å². The molecule has 0 atom stereocenters. The van der Waals surface area contributed by atoms with Crippen LogP contribution in [0.1, 0.15) is 5.56 Å². The molecule has 3 heterocycles. The number of benzene rings is 1. The summed E-state index contributed by atoms with van der Waals surface area (Å²) in [5, 5.41) is 20.9. The molecule has 0 bridgehead atoms. The fraction of sp³-hybridized carbons (Fsp3) is 0.0526. The van der Waals surface area contributed by atoms with Crippen molar-refractivity contribution >= 4 is 51.1 Å². The van der Waals surface area contributed by atoms with E-state index in [0.29, 0.717) is 38.6 Å². The number of nitrogens with zero attached hydrogens (tertiary/aromatic N) is 5. The molecule has 1 aliphatic rings. The van der Waals surface area contributed by atoms with Crippen LogP contribution >= 0.6 is 23.1 Å². The van der Waals surface area contributed by atoms with E-state index in [2.05, 4.69) is 26.8 Å². The van der Waals surface area contributed by atoms with Crippen molar-refractivity contribution in [2.24, 2.45) is 4.99 Å². The maximum Gasteiger partial charge on any atom is 0.270 e. The average molecular weight is 438 g/mol. The van der Waals surface area contributed by atoms with Crippen LogP contribution in [0.5, 0.6) is 0 Å². The number of hydrogen-bond acceptors (Lipinski definition) is 8. The minimum Gasteiger partial charge on any atom is -0.282 e. The summed E-state index contributed by atoms with van der Waals surface area (Å²) in [7, 11) is 0. The summed E-state index contributed by atoms with van der Waals surface area (Å²) in [4.78, 5) is 34.1. The van der Waals surface area contributed by atoms with Crippen molar-refractivity contribution in [3.63, 3.8) is 0 Å². The SMILES string of the molecule is C=CCN1C(=O)C(=Cc2cn[nH]c2-c2cccc([N+](=O)[O-])c2)SC1=Nc1nccs1. The monoisotopic (exact) mass is 438 g/mol. The normalized spacial score (nSPS) is 16.5. The molecular formula is C19H14N6O3S2. The number of nitro benzene ring substituents is 1. The Kier molecular flexibility index (Phi) is 5.55. The van der Waals surface area contributed by atoms with Crippen LogP contribution in [0.3, 0.4) is 0 Å². The van der Waals surface area contributed by atoms with Crippen LogP contribution in [0.2, 0.25) is 0 Å². The molecule has 2 aromatic heterocycles. The first-order valence-corrected chi connectivity index (χ1v) is 10.3. The van der Waals surface area contributed by atoms with Gasteiger partial charge in [-0.05, 0) is 17.8 Å². The van der Waals surface area contributed by atoms with Crippen molar-refractivity contribution in [1.29, 1.82) is 0 Å². The van der Waals surface area contributed by atoms with Gasteiger partial charge in [0, 0.05) is 41.4 Å². The zero-order chi connectivity index (χ0) is 21.1. The topological polar surface area (TPSA) is 117 Å². The molecule has 3 aromatic rings. The number of rotatable bonds is 6. The van der Waals surface area contributed by atoms with Gasteiger partial charge in [0.25, 0.3) is 11.6 Å². The number of carbonyl (C=O) groups is 1. The number of carbonyl (C=O) groups excluding carboxylic acids is 1. The van der Waals surface area contributed by atoms with Gasteiger partial charge >= 0.3 is 0 Å². The van der Waals surface area contributed by atoms with Crippen LogP contribution in [0.15, 0.2) is 64.6 Å². The molecule has 1 saturated heterocycles. The lowest BCUT2D eigenvalue weighted by molar-refractivity contribution is -0.384. The van der Waals surface area contributed by atoms with Crippen LogP contribution in [-0.4, -0.2) is 42.6 Å². The summed E-state index contributed by atoms with van der Waals surface area (Å²) < 4.78 is 0. The van der Waals surface area contributed by atoms with Gasteiger partial charge in [-0.15, -0.1) is 17.9 Å². The zero-order valence-electron chi connectivity index (χ0n) is 15.4. The highest BCUT2D eigenvalue weighted by Crippen LogP contribution is 2.36. The van der Waals surface area contributed by atoms with Crippen molar-refractivity contribution < 1.29 is 9.72 Å². The highest BCUT2D eigenvalue weighted by molar-refractivity contribution is 8.18. The largest absolute Gasteiger partial charge is 0.282 e. The van der Waals surface area contributed by atoms with Gasteiger partial charge in [-0.25, -0.2) is 4.98 Å². The third-order valence-corrected chi connectivity index (χ3v) is 5.78. The van der Waals surface area contributed by atoms with Crippen molar-refractivity contribution in [3.8, 4) is 11.3 Å². The number of H-pyrrole nitrogens is 1. The van der Waals surface area contributed by atoms with Gasteiger partial charge in [0.05, 0.1) is 21.7 Å². The lowest BCUT2D eigenvalue weighted by Gasteiger charge is -2.11. The van der Waals surface area contributed by atoms with Gasteiger partial charge in [-0.1, -0.05) is 18.2 Å². The van der Waals surface area contributed by atoms with Gasteiger partial charge in [0.1, 0.15) is 0 Å². The fourth-order valence-electron chi connectivity index (χ4n) is 2.79. The van der Waals surface area contributed by atoms with Crippen molar-refractivity contribution in [2.75, 3.05) is 6.54 Å². The molecule has 150 valence electrons. The Balaban J connectivity index is 1.70. The first-order chi connectivity index (χ1) is 14.6. The van der Waals surface area contributed by atoms with E-state index >= 15 is 0 Å². The molecule has 0 spiro atoms. The first kappa shape index (κ1) is 19.7. The Labute approximate surface area is 179 Å². The summed E-state index contributed by atoms with van der Waals surface area (Å²) in [6, 6.07) is 6.22. The van der Waals surface area contributed by atoms with Crippen LogP contribution in [-0.2, 0) is 4.79 Å².